The summed E-state index contributed by atoms with van der Waals surface area (Å²) in [6.45, 7) is 0. The van der Waals surface area contributed by atoms with Crippen molar-refractivity contribution in [3.05, 3.63) is 71.4 Å². The molecule has 1 aromatic carbocycles. The van der Waals surface area contributed by atoms with Crippen LogP contribution < -0.4 is 4.83 Å². The number of hydrogen-bond donors (Lipinski definition) is 1. The molecule has 0 aliphatic heterocycles. The van der Waals surface area contributed by atoms with Crippen LogP contribution in [0.2, 0.25) is 5.02 Å². The summed E-state index contributed by atoms with van der Waals surface area (Å²) in [5.41, 5.74) is 1.35. The molecule has 0 bridgehead atoms. The Morgan fingerprint density at radius 3 is 2.62 bits per heavy atom. The molecule has 0 amide bonds. The second-order valence-corrected chi connectivity index (χ2v) is 8.09. The topological polar surface area (TPSA) is 71.4 Å². The second-order valence-electron chi connectivity index (χ2n) is 4.71. The highest BCUT2D eigenvalue weighted by atomic mass is 35.5. The van der Waals surface area contributed by atoms with Crippen molar-refractivity contribution >= 4 is 39.2 Å². The molecule has 2 aromatic heterocycles. The second kappa shape index (κ2) is 7.12. The molecule has 0 radical (unpaired) electrons. The number of sulfonamides is 1. The molecule has 3 aromatic rings. The maximum Gasteiger partial charge on any atom is 0.286 e. The molecule has 0 aliphatic carbocycles. The van der Waals surface area contributed by atoms with Gasteiger partial charge < -0.3 is 0 Å². The Labute approximate surface area is 148 Å². The normalized spacial score (nSPS) is 11.7. The molecule has 1 N–H and O–H groups in total. The Bertz CT molecular complexity index is 970. The third-order valence-corrected chi connectivity index (χ3v) is 6.21. The van der Waals surface area contributed by atoms with E-state index < -0.39 is 10.0 Å². The number of nitrogens with one attached hydrogen (secondary N) is 1. The summed E-state index contributed by atoms with van der Waals surface area (Å²) < 4.78 is 24.7. The summed E-state index contributed by atoms with van der Waals surface area (Å²) in [4.78, 5) is 7.17. The number of halogens is 1. The number of hydrazone groups is 1. The highest BCUT2D eigenvalue weighted by molar-refractivity contribution is 7.91. The van der Waals surface area contributed by atoms with Gasteiger partial charge in [0.25, 0.3) is 10.0 Å². The van der Waals surface area contributed by atoms with E-state index in [0.717, 1.165) is 21.9 Å². The summed E-state index contributed by atoms with van der Waals surface area (Å²) in [6, 6.07) is 15.8. The SMILES string of the molecule is O=S(=O)(N/N=C\c1ccccc1Cl)c1ccc(-c2ccccn2)s1. The number of thiophene rings is 1. The van der Waals surface area contributed by atoms with Crippen molar-refractivity contribution in [2.75, 3.05) is 0 Å². The molecule has 2 heterocycles. The minimum atomic E-state index is -3.73. The summed E-state index contributed by atoms with van der Waals surface area (Å²) in [5, 5.41) is 4.27. The maximum atomic E-state index is 12.3. The lowest BCUT2D eigenvalue weighted by Gasteiger charge is -2.00. The standard InChI is InChI=1S/C16H12ClN3O2S2/c17-13-6-2-1-5-12(13)11-19-20-24(21,22)16-9-8-15(23-16)14-7-3-4-10-18-14/h1-11,20H/b19-11-. The predicted octanol–water partition coefficient (Wildman–Crippen LogP) is 3.78. The molecule has 122 valence electrons. The molecule has 0 unspecified atom stereocenters. The fourth-order valence-corrected chi connectivity index (χ4v) is 4.15. The van der Waals surface area contributed by atoms with Gasteiger partial charge in [-0.25, -0.2) is 0 Å². The summed E-state index contributed by atoms with van der Waals surface area (Å²) in [5.74, 6) is 0. The molecular formula is C16H12ClN3O2S2. The molecule has 3 rings (SSSR count). The number of hydrogen-bond acceptors (Lipinski definition) is 5. The third kappa shape index (κ3) is 3.81. The van der Waals surface area contributed by atoms with E-state index in [1.807, 2.05) is 12.1 Å². The van der Waals surface area contributed by atoms with Crippen molar-refractivity contribution in [1.82, 2.24) is 9.82 Å². The summed E-state index contributed by atoms with van der Waals surface area (Å²) in [7, 11) is -3.73. The van der Waals surface area contributed by atoms with Gasteiger partial charge in [0.05, 0.1) is 16.8 Å². The van der Waals surface area contributed by atoms with E-state index in [1.165, 1.54) is 12.3 Å². The first-order valence-corrected chi connectivity index (χ1v) is 9.55. The molecule has 0 saturated heterocycles. The van der Waals surface area contributed by atoms with Crippen LogP contribution in [0, 0.1) is 0 Å². The van der Waals surface area contributed by atoms with Crippen LogP contribution in [0.1, 0.15) is 5.56 Å². The smallest absolute Gasteiger partial charge is 0.255 e. The highest BCUT2D eigenvalue weighted by Gasteiger charge is 2.16. The van der Waals surface area contributed by atoms with Crippen LogP contribution in [-0.2, 0) is 10.0 Å². The van der Waals surface area contributed by atoms with Crippen molar-refractivity contribution < 1.29 is 8.42 Å². The fraction of sp³-hybridized carbons (Fsp3) is 0. The van der Waals surface area contributed by atoms with Gasteiger partial charge in [0.15, 0.2) is 0 Å². The summed E-state index contributed by atoms with van der Waals surface area (Å²) >= 11 is 7.12. The zero-order chi connectivity index (χ0) is 17.0. The Kier molecular flexibility index (Phi) is 4.94. The van der Waals surface area contributed by atoms with Gasteiger partial charge in [-0.3, -0.25) is 4.98 Å². The van der Waals surface area contributed by atoms with Crippen LogP contribution in [0.4, 0.5) is 0 Å². The summed E-state index contributed by atoms with van der Waals surface area (Å²) in [6.07, 6.45) is 3.03. The van der Waals surface area contributed by atoms with Crippen molar-refractivity contribution in [3.63, 3.8) is 0 Å². The maximum absolute atomic E-state index is 12.3. The van der Waals surface area contributed by atoms with Crippen LogP contribution in [0.5, 0.6) is 0 Å². The van der Waals surface area contributed by atoms with E-state index in [1.54, 1.807) is 42.6 Å². The van der Waals surface area contributed by atoms with Crippen LogP contribution in [0.3, 0.4) is 0 Å². The average Bonchev–Trinajstić information content (AvgIpc) is 3.08. The van der Waals surface area contributed by atoms with Gasteiger partial charge in [0, 0.05) is 16.8 Å². The lowest BCUT2D eigenvalue weighted by Crippen LogP contribution is -2.17. The molecule has 8 heteroatoms. The zero-order valence-electron chi connectivity index (χ0n) is 12.3. The number of rotatable bonds is 5. The monoisotopic (exact) mass is 377 g/mol. The predicted molar refractivity (Wildman–Crippen MR) is 96.9 cm³/mol. The van der Waals surface area contributed by atoms with E-state index in [-0.39, 0.29) is 4.21 Å². The lowest BCUT2D eigenvalue weighted by molar-refractivity contribution is 0.587. The van der Waals surface area contributed by atoms with Crippen LogP contribution in [0.15, 0.2) is 70.1 Å². The van der Waals surface area contributed by atoms with Gasteiger partial charge in [0.2, 0.25) is 0 Å². The van der Waals surface area contributed by atoms with Gasteiger partial charge in [0.1, 0.15) is 4.21 Å². The number of aromatic nitrogens is 1. The van der Waals surface area contributed by atoms with E-state index in [0.29, 0.717) is 10.6 Å². The molecular weight excluding hydrogens is 366 g/mol. The molecule has 0 fully saturated rings. The molecule has 0 saturated carbocycles. The Balaban J connectivity index is 1.77. The van der Waals surface area contributed by atoms with Crippen molar-refractivity contribution in [3.8, 4) is 10.6 Å². The third-order valence-electron chi connectivity index (χ3n) is 3.05. The zero-order valence-corrected chi connectivity index (χ0v) is 14.6. The Morgan fingerprint density at radius 1 is 1.08 bits per heavy atom. The first-order chi connectivity index (χ1) is 11.6. The van der Waals surface area contributed by atoms with Gasteiger partial charge >= 0.3 is 0 Å². The molecule has 24 heavy (non-hydrogen) atoms. The first kappa shape index (κ1) is 16.6. The van der Waals surface area contributed by atoms with E-state index in [2.05, 4.69) is 14.9 Å². The van der Waals surface area contributed by atoms with Crippen LogP contribution in [-0.4, -0.2) is 19.6 Å². The number of pyridine rings is 1. The minimum Gasteiger partial charge on any atom is -0.255 e. The minimum absolute atomic E-state index is 0.166. The van der Waals surface area contributed by atoms with E-state index >= 15 is 0 Å². The van der Waals surface area contributed by atoms with Gasteiger partial charge in [-0.05, 0) is 30.3 Å². The van der Waals surface area contributed by atoms with E-state index in [4.69, 9.17) is 11.6 Å². The molecule has 0 spiro atoms. The number of benzene rings is 1. The molecule has 0 atom stereocenters. The first-order valence-electron chi connectivity index (χ1n) is 6.87. The van der Waals surface area contributed by atoms with Crippen molar-refractivity contribution in [2.24, 2.45) is 5.10 Å². The Hall–Kier alpha value is -2.22. The van der Waals surface area contributed by atoms with Gasteiger partial charge in [-0.15, -0.1) is 11.3 Å². The van der Waals surface area contributed by atoms with Gasteiger partial charge in [-0.1, -0.05) is 35.9 Å². The largest absolute Gasteiger partial charge is 0.286 e. The highest BCUT2D eigenvalue weighted by Crippen LogP contribution is 2.29. The molecule has 0 aliphatic rings. The lowest BCUT2D eigenvalue weighted by atomic mass is 10.2. The van der Waals surface area contributed by atoms with E-state index in [9.17, 15) is 8.42 Å². The number of nitrogens with zero attached hydrogens (tertiary/aromatic N) is 2. The van der Waals surface area contributed by atoms with Crippen molar-refractivity contribution in [2.45, 2.75) is 4.21 Å². The van der Waals surface area contributed by atoms with Gasteiger partial charge in [-0.2, -0.15) is 18.4 Å². The average molecular weight is 378 g/mol. The fourth-order valence-electron chi connectivity index (χ4n) is 1.90. The van der Waals surface area contributed by atoms with Crippen LogP contribution in [0.25, 0.3) is 10.6 Å². The molecule has 5 nitrogen and oxygen atoms in total. The Morgan fingerprint density at radius 2 is 1.88 bits per heavy atom. The van der Waals surface area contributed by atoms with Crippen LogP contribution >= 0.6 is 22.9 Å². The quantitative estimate of drug-likeness (QED) is 0.543. The van der Waals surface area contributed by atoms with Crippen molar-refractivity contribution in [1.29, 1.82) is 0 Å².